The number of anilines is 1. The van der Waals surface area contributed by atoms with Crippen molar-refractivity contribution in [1.82, 2.24) is 5.32 Å². The van der Waals surface area contributed by atoms with Crippen molar-refractivity contribution in [3.8, 4) is 5.75 Å². The molecule has 1 aliphatic heterocycles. The minimum Gasteiger partial charge on any atom is -0.482 e. The Morgan fingerprint density at radius 2 is 2.09 bits per heavy atom. The third-order valence-corrected chi connectivity index (χ3v) is 3.87. The van der Waals surface area contributed by atoms with E-state index < -0.39 is 0 Å². The van der Waals surface area contributed by atoms with Crippen LogP contribution in [-0.2, 0) is 9.59 Å². The molecule has 0 aliphatic carbocycles. The van der Waals surface area contributed by atoms with Gasteiger partial charge in [0.05, 0.1) is 5.69 Å². The highest BCUT2D eigenvalue weighted by Gasteiger charge is 2.24. The zero-order chi connectivity index (χ0) is 16.1. The number of halogens is 1. The number of hydrogen-bond donors (Lipinski definition) is 2. The number of hydrogen-bond acceptors (Lipinski definition) is 4. The smallest absolute Gasteiger partial charge is 0.265 e. The van der Waals surface area contributed by atoms with E-state index >= 15 is 0 Å². The van der Waals surface area contributed by atoms with E-state index in [1.165, 1.54) is 0 Å². The summed E-state index contributed by atoms with van der Waals surface area (Å²) in [6.07, 6.45) is 0.678. The van der Waals surface area contributed by atoms with Gasteiger partial charge in [0.2, 0.25) is 5.91 Å². The monoisotopic (exact) mass is 341 g/mol. The molecule has 0 saturated carbocycles. The number of ether oxygens (including phenoxy) is 1. The van der Waals surface area contributed by atoms with Gasteiger partial charge in [0.15, 0.2) is 6.61 Å². The Kier molecular flexibility index (Phi) is 7.32. The summed E-state index contributed by atoms with van der Waals surface area (Å²) in [5.41, 5.74) is 6.49. The number of benzene rings is 1. The van der Waals surface area contributed by atoms with E-state index in [0.717, 1.165) is 11.4 Å². The maximum Gasteiger partial charge on any atom is 0.265 e. The lowest BCUT2D eigenvalue weighted by Gasteiger charge is -2.29. The second-order valence-corrected chi connectivity index (χ2v) is 5.59. The largest absolute Gasteiger partial charge is 0.482 e. The Morgan fingerprint density at radius 3 is 2.78 bits per heavy atom. The van der Waals surface area contributed by atoms with Gasteiger partial charge in [-0.05, 0) is 25.5 Å². The topological polar surface area (TPSA) is 84.7 Å². The van der Waals surface area contributed by atoms with Crippen LogP contribution in [0.4, 0.5) is 5.69 Å². The molecule has 1 aromatic rings. The zero-order valence-electron chi connectivity index (χ0n) is 13.5. The van der Waals surface area contributed by atoms with Crippen LogP contribution in [0.15, 0.2) is 24.3 Å². The average Bonchev–Trinajstić information content (AvgIpc) is 2.52. The third-order valence-electron chi connectivity index (χ3n) is 3.87. The number of amides is 2. The van der Waals surface area contributed by atoms with Crippen molar-refractivity contribution in [3.63, 3.8) is 0 Å². The first-order valence-corrected chi connectivity index (χ1v) is 7.56. The molecule has 0 bridgehead atoms. The van der Waals surface area contributed by atoms with Crippen LogP contribution in [-0.4, -0.2) is 37.6 Å². The van der Waals surface area contributed by atoms with Crippen LogP contribution in [0, 0.1) is 5.92 Å². The molecule has 0 spiro atoms. The molecular weight excluding hydrogens is 318 g/mol. The van der Waals surface area contributed by atoms with Gasteiger partial charge in [0, 0.05) is 25.0 Å². The summed E-state index contributed by atoms with van der Waals surface area (Å²) >= 11 is 0. The maximum absolute atomic E-state index is 12.0. The van der Waals surface area contributed by atoms with E-state index in [1.807, 2.05) is 38.1 Å². The SMILES string of the molecule is CC(N)C(C)C(=O)NCCCN1C(=O)COc2ccccc21.Cl. The molecule has 1 aliphatic rings. The predicted octanol–water partition coefficient (Wildman–Crippen LogP) is 1.32. The number of para-hydroxylation sites is 2. The Bertz CT molecular complexity index is 551. The minimum atomic E-state index is -0.217. The van der Waals surface area contributed by atoms with Crippen LogP contribution in [0.5, 0.6) is 5.75 Å². The van der Waals surface area contributed by atoms with E-state index in [9.17, 15) is 9.59 Å². The first-order chi connectivity index (χ1) is 10.5. The average molecular weight is 342 g/mol. The Hall–Kier alpha value is -1.79. The highest BCUT2D eigenvalue weighted by molar-refractivity contribution is 5.97. The second-order valence-electron chi connectivity index (χ2n) is 5.59. The number of carbonyl (C=O) groups excluding carboxylic acids is 2. The standard InChI is InChI=1S/C16H23N3O3.ClH/c1-11(12(2)17)16(21)18-8-5-9-19-13-6-3-4-7-14(13)22-10-15(19)20;/h3-4,6-7,11-12H,5,8-10,17H2,1-2H3,(H,18,21);1H. The molecule has 2 rings (SSSR count). The minimum absolute atomic E-state index is 0. The van der Waals surface area contributed by atoms with Gasteiger partial charge in [0.1, 0.15) is 5.75 Å². The van der Waals surface area contributed by atoms with Crippen molar-refractivity contribution in [3.05, 3.63) is 24.3 Å². The van der Waals surface area contributed by atoms with Crippen LogP contribution >= 0.6 is 12.4 Å². The molecule has 0 saturated heterocycles. The number of nitrogens with one attached hydrogen (secondary N) is 1. The van der Waals surface area contributed by atoms with Gasteiger partial charge in [-0.1, -0.05) is 19.1 Å². The first-order valence-electron chi connectivity index (χ1n) is 7.56. The van der Waals surface area contributed by atoms with E-state index in [1.54, 1.807) is 4.90 Å². The summed E-state index contributed by atoms with van der Waals surface area (Å²) in [6.45, 7) is 4.75. The summed E-state index contributed by atoms with van der Waals surface area (Å²) in [5, 5.41) is 2.85. The molecule has 2 unspecified atom stereocenters. The lowest BCUT2D eigenvalue weighted by Crippen LogP contribution is -2.42. The summed E-state index contributed by atoms with van der Waals surface area (Å²) < 4.78 is 5.39. The van der Waals surface area contributed by atoms with Crippen LogP contribution in [0.25, 0.3) is 0 Å². The lowest BCUT2D eigenvalue weighted by atomic mass is 10.0. The molecule has 1 aromatic carbocycles. The molecule has 0 aromatic heterocycles. The molecule has 0 radical (unpaired) electrons. The van der Waals surface area contributed by atoms with E-state index in [0.29, 0.717) is 19.5 Å². The lowest BCUT2D eigenvalue weighted by molar-refractivity contribution is -0.124. The fourth-order valence-electron chi connectivity index (χ4n) is 2.25. The van der Waals surface area contributed by atoms with Crippen molar-refractivity contribution in [2.75, 3.05) is 24.6 Å². The van der Waals surface area contributed by atoms with Gasteiger partial charge >= 0.3 is 0 Å². The van der Waals surface area contributed by atoms with Crippen molar-refractivity contribution < 1.29 is 14.3 Å². The zero-order valence-corrected chi connectivity index (χ0v) is 14.3. The second kappa shape index (κ2) is 8.74. The van der Waals surface area contributed by atoms with Gasteiger partial charge in [-0.25, -0.2) is 0 Å². The quantitative estimate of drug-likeness (QED) is 0.764. The highest BCUT2D eigenvalue weighted by atomic mass is 35.5. The van der Waals surface area contributed by atoms with Crippen LogP contribution in [0.3, 0.4) is 0 Å². The maximum atomic E-state index is 12.0. The normalized spacial score (nSPS) is 15.8. The Balaban J connectivity index is 0.00000264. The fraction of sp³-hybridized carbons (Fsp3) is 0.500. The van der Waals surface area contributed by atoms with Crippen molar-refractivity contribution in [2.24, 2.45) is 11.7 Å². The van der Waals surface area contributed by atoms with Crippen molar-refractivity contribution in [2.45, 2.75) is 26.3 Å². The van der Waals surface area contributed by atoms with Crippen molar-refractivity contribution >= 4 is 29.9 Å². The van der Waals surface area contributed by atoms with Gasteiger partial charge < -0.3 is 20.7 Å². The summed E-state index contributed by atoms with van der Waals surface area (Å²) in [4.78, 5) is 25.5. The molecule has 3 N–H and O–H groups in total. The van der Waals surface area contributed by atoms with E-state index in [2.05, 4.69) is 5.32 Å². The van der Waals surface area contributed by atoms with Gasteiger partial charge in [-0.3, -0.25) is 9.59 Å². The molecule has 128 valence electrons. The van der Waals surface area contributed by atoms with Crippen LogP contribution in [0.1, 0.15) is 20.3 Å². The number of carbonyl (C=O) groups is 2. The number of nitrogens with zero attached hydrogens (tertiary/aromatic N) is 1. The van der Waals surface area contributed by atoms with Gasteiger partial charge in [-0.15, -0.1) is 12.4 Å². The fourth-order valence-corrected chi connectivity index (χ4v) is 2.25. The predicted molar refractivity (Wildman–Crippen MR) is 92.0 cm³/mol. The Morgan fingerprint density at radius 1 is 1.39 bits per heavy atom. The van der Waals surface area contributed by atoms with Crippen LogP contribution in [0.2, 0.25) is 0 Å². The molecule has 1 heterocycles. The molecule has 6 nitrogen and oxygen atoms in total. The van der Waals surface area contributed by atoms with Gasteiger partial charge in [0.25, 0.3) is 5.91 Å². The number of fused-ring (bicyclic) bond motifs is 1. The Labute approximate surface area is 142 Å². The molecule has 0 fully saturated rings. The van der Waals surface area contributed by atoms with E-state index in [4.69, 9.17) is 10.5 Å². The molecule has 7 heteroatoms. The number of rotatable bonds is 6. The summed E-state index contributed by atoms with van der Waals surface area (Å²) in [7, 11) is 0. The summed E-state index contributed by atoms with van der Waals surface area (Å²) in [6, 6.07) is 7.29. The molecule has 23 heavy (non-hydrogen) atoms. The molecule has 2 amide bonds. The molecule has 2 atom stereocenters. The van der Waals surface area contributed by atoms with Gasteiger partial charge in [-0.2, -0.15) is 0 Å². The van der Waals surface area contributed by atoms with Crippen LogP contribution < -0.4 is 20.7 Å². The summed E-state index contributed by atoms with van der Waals surface area (Å²) in [5.74, 6) is 0.389. The first kappa shape index (κ1) is 19.3. The number of nitrogens with two attached hydrogens (primary N) is 1. The third kappa shape index (κ3) is 4.84. The van der Waals surface area contributed by atoms with E-state index in [-0.39, 0.29) is 42.8 Å². The highest BCUT2D eigenvalue weighted by Crippen LogP contribution is 2.31. The molecular formula is C16H24ClN3O3. The van der Waals surface area contributed by atoms with Crippen molar-refractivity contribution in [1.29, 1.82) is 0 Å².